The Morgan fingerprint density at radius 1 is 1.27 bits per heavy atom. The van der Waals surface area contributed by atoms with Crippen molar-refractivity contribution in [3.05, 3.63) is 0 Å². The van der Waals surface area contributed by atoms with E-state index < -0.39 is 0 Å². The minimum Gasteiger partial charge on any atom is -0.383 e. The minimum atomic E-state index is 0.768. The predicted molar refractivity (Wildman–Crippen MR) is 63.0 cm³/mol. The summed E-state index contributed by atoms with van der Waals surface area (Å²) in [6.45, 7) is 6.97. The van der Waals surface area contributed by atoms with Crippen LogP contribution in [0.3, 0.4) is 0 Å². The van der Waals surface area contributed by atoms with E-state index in [4.69, 9.17) is 4.74 Å². The number of hydrogen-bond donors (Lipinski definition) is 0. The minimum absolute atomic E-state index is 0.768. The van der Waals surface area contributed by atoms with Crippen molar-refractivity contribution in [3.63, 3.8) is 0 Å². The Bertz CT molecular complexity index is 189. The lowest BCUT2D eigenvalue weighted by Crippen LogP contribution is -2.47. The summed E-state index contributed by atoms with van der Waals surface area (Å²) in [7, 11) is 1.79. The second kappa shape index (κ2) is 4.84. The summed E-state index contributed by atoms with van der Waals surface area (Å²) in [6.07, 6.45) is 7.30. The fourth-order valence-corrected chi connectivity index (χ4v) is 3.33. The van der Waals surface area contributed by atoms with Crippen LogP contribution in [0.5, 0.6) is 0 Å². The summed E-state index contributed by atoms with van der Waals surface area (Å²) < 4.78 is 5.13. The lowest BCUT2D eigenvalue weighted by Gasteiger charge is -2.52. The highest BCUT2D eigenvalue weighted by Crippen LogP contribution is 2.53. The van der Waals surface area contributed by atoms with Gasteiger partial charge < -0.3 is 9.64 Å². The van der Waals surface area contributed by atoms with Crippen molar-refractivity contribution >= 4 is 0 Å². The van der Waals surface area contributed by atoms with Gasteiger partial charge in [0.2, 0.25) is 0 Å². The van der Waals surface area contributed by atoms with Gasteiger partial charge in [0.25, 0.3) is 0 Å². The van der Waals surface area contributed by atoms with Gasteiger partial charge in [0.1, 0.15) is 0 Å². The first-order valence-corrected chi connectivity index (χ1v) is 6.49. The molecule has 0 aromatic heterocycles. The van der Waals surface area contributed by atoms with Crippen LogP contribution in [0.2, 0.25) is 0 Å². The van der Waals surface area contributed by atoms with E-state index in [-0.39, 0.29) is 0 Å². The molecular formula is C13H25NO. The van der Waals surface area contributed by atoms with Gasteiger partial charge in [-0.15, -0.1) is 0 Å². The van der Waals surface area contributed by atoms with Crippen LogP contribution in [0.15, 0.2) is 0 Å². The molecule has 2 heteroatoms. The Labute approximate surface area is 94.0 Å². The number of nitrogens with zero attached hydrogens (tertiary/aromatic N) is 1. The van der Waals surface area contributed by atoms with E-state index in [9.17, 15) is 0 Å². The fourth-order valence-electron chi connectivity index (χ4n) is 3.33. The van der Waals surface area contributed by atoms with Crippen molar-refractivity contribution in [2.45, 2.75) is 39.0 Å². The molecule has 0 aromatic rings. The number of hydrogen-bond acceptors (Lipinski definition) is 2. The molecule has 2 rings (SSSR count). The van der Waals surface area contributed by atoms with Gasteiger partial charge in [-0.1, -0.05) is 13.3 Å². The molecule has 15 heavy (non-hydrogen) atoms. The summed E-state index contributed by atoms with van der Waals surface area (Å²) in [6, 6.07) is 0. The van der Waals surface area contributed by atoms with Crippen molar-refractivity contribution in [2.24, 2.45) is 11.3 Å². The molecule has 88 valence electrons. The average molecular weight is 211 g/mol. The lowest BCUT2D eigenvalue weighted by atomic mass is 9.57. The monoisotopic (exact) mass is 211 g/mol. The molecule has 0 aromatic carbocycles. The summed E-state index contributed by atoms with van der Waals surface area (Å²) in [5.74, 6) is 1.05. The van der Waals surface area contributed by atoms with Crippen molar-refractivity contribution < 1.29 is 4.74 Å². The van der Waals surface area contributed by atoms with Gasteiger partial charge in [0.15, 0.2) is 0 Å². The largest absolute Gasteiger partial charge is 0.383 e. The summed E-state index contributed by atoms with van der Waals surface area (Å²) >= 11 is 0. The maximum Gasteiger partial charge on any atom is 0.0589 e. The molecule has 1 aliphatic carbocycles. The first-order valence-electron chi connectivity index (χ1n) is 6.49. The first-order chi connectivity index (χ1) is 7.28. The van der Waals surface area contributed by atoms with Crippen LogP contribution in [-0.2, 0) is 4.74 Å². The summed E-state index contributed by atoms with van der Waals surface area (Å²) in [5, 5.41) is 0. The zero-order valence-electron chi connectivity index (χ0n) is 10.3. The molecule has 0 amide bonds. The third-order valence-corrected chi connectivity index (χ3v) is 4.55. The first kappa shape index (κ1) is 11.4. The molecule has 1 spiro atoms. The van der Waals surface area contributed by atoms with E-state index in [0.29, 0.717) is 0 Å². The number of likely N-dealkylation sites (tertiary alicyclic amines) is 1. The van der Waals surface area contributed by atoms with Crippen LogP contribution < -0.4 is 0 Å². The number of rotatable bonds is 4. The van der Waals surface area contributed by atoms with E-state index in [1.54, 1.807) is 7.11 Å². The molecule has 2 aliphatic rings. The Hall–Kier alpha value is -0.0800. The van der Waals surface area contributed by atoms with Gasteiger partial charge >= 0.3 is 0 Å². The van der Waals surface area contributed by atoms with Crippen molar-refractivity contribution in [2.75, 3.05) is 33.4 Å². The van der Waals surface area contributed by atoms with Crippen molar-refractivity contribution in [1.29, 1.82) is 0 Å². The van der Waals surface area contributed by atoms with Gasteiger partial charge in [-0.3, -0.25) is 0 Å². The second-order valence-corrected chi connectivity index (χ2v) is 5.52. The lowest BCUT2D eigenvalue weighted by molar-refractivity contribution is -0.0186. The second-order valence-electron chi connectivity index (χ2n) is 5.52. The zero-order valence-corrected chi connectivity index (χ0v) is 10.3. The summed E-state index contributed by atoms with van der Waals surface area (Å²) in [5.41, 5.74) is 0.768. The average Bonchev–Trinajstić information content (AvgIpc) is 2.24. The van der Waals surface area contributed by atoms with Crippen LogP contribution in [0.4, 0.5) is 0 Å². The third-order valence-electron chi connectivity index (χ3n) is 4.55. The van der Waals surface area contributed by atoms with E-state index in [0.717, 1.165) is 24.5 Å². The smallest absolute Gasteiger partial charge is 0.0589 e. The Morgan fingerprint density at radius 2 is 1.93 bits per heavy atom. The standard InChI is InChI=1S/C13H25NO/c1-3-12-10-13(11-12)4-6-14(7-5-13)8-9-15-2/h12H,3-11H2,1-2H3. The molecule has 1 saturated heterocycles. The zero-order chi connectivity index (χ0) is 10.7. The molecule has 0 bridgehead atoms. The van der Waals surface area contributed by atoms with Crippen LogP contribution in [-0.4, -0.2) is 38.3 Å². The van der Waals surface area contributed by atoms with Gasteiger partial charge in [-0.2, -0.15) is 0 Å². The molecule has 0 N–H and O–H groups in total. The quantitative estimate of drug-likeness (QED) is 0.708. The summed E-state index contributed by atoms with van der Waals surface area (Å²) in [4.78, 5) is 2.56. The van der Waals surface area contributed by atoms with Crippen molar-refractivity contribution in [1.82, 2.24) is 4.90 Å². The Morgan fingerprint density at radius 3 is 2.47 bits per heavy atom. The van der Waals surface area contributed by atoms with Crippen LogP contribution >= 0.6 is 0 Å². The normalized spacial score (nSPS) is 26.8. The topological polar surface area (TPSA) is 12.5 Å². The number of ether oxygens (including phenoxy) is 1. The maximum atomic E-state index is 5.13. The van der Waals surface area contributed by atoms with E-state index in [2.05, 4.69) is 11.8 Å². The van der Waals surface area contributed by atoms with E-state index in [1.807, 2.05) is 0 Å². The van der Waals surface area contributed by atoms with Crippen LogP contribution in [0.25, 0.3) is 0 Å². The van der Waals surface area contributed by atoms with Crippen molar-refractivity contribution in [3.8, 4) is 0 Å². The highest BCUT2D eigenvalue weighted by atomic mass is 16.5. The third kappa shape index (κ3) is 2.54. The molecule has 1 heterocycles. The fraction of sp³-hybridized carbons (Fsp3) is 1.00. The molecule has 0 radical (unpaired) electrons. The molecule has 1 saturated carbocycles. The molecular weight excluding hydrogens is 186 g/mol. The molecule has 2 fully saturated rings. The Balaban J connectivity index is 1.69. The highest BCUT2D eigenvalue weighted by molar-refractivity contribution is 4.96. The molecule has 0 atom stereocenters. The molecule has 0 unspecified atom stereocenters. The number of methoxy groups -OCH3 is 1. The molecule has 1 aliphatic heterocycles. The van der Waals surface area contributed by atoms with E-state index in [1.165, 1.54) is 45.2 Å². The maximum absolute atomic E-state index is 5.13. The van der Waals surface area contributed by atoms with Crippen LogP contribution in [0.1, 0.15) is 39.0 Å². The SMILES string of the molecule is CCC1CC2(CCN(CCOC)CC2)C1. The molecule has 2 nitrogen and oxygen atoms in total. The van der Waals surface area contributed by atoms with Crippen LogP contribution in [0, 0.1) is 11.3 Å². The van der Waals surface area contributed by atoms with Gasteiger partial charge in [0.05, 0.1) is 6.61 Å². The highest BCUT2D eigenvalue weighted by Gasteiger charge is 2.44. The Kier molecular flexibility index (Phi) is 3.68. The van der Waals surface area contributed by atoms with E-state index >= 15 is 0 Å². The predicted octanol–water partition coefficient (Wildman–Crippen LogP) is 2.54. The van der Waals surface area contributed by atoms with Gasteiger partial charge in [-0.05, 0) is 50.1 Å². The van der Waals surface area contributed by atoms with Gasteiger partial charge in [0, 0.05) is 13.7 Å². The number of piperidine rings is 1. The van der Waals surface area contributed by atoms with Gasteiger partial charge in [-0.25, -0.2) is 0 Å².